The molecule has 0 bridgehead atoms. The van der Waals surface area contributed by atoms with Crippen molar-refractivity contribution in [1.29, 1.82) is 0 Å². The van der Waals surface area contributed by atoms with Crippen LogP contribution in [0.1, 0.15) is 12.8 Å². The average molecular weight is 206 g/mol. The van der Waals surface area contributed by atoms with Crippen LogP contribution in [0, 0.1) is 0 Å². The Kier molecular flexibility index (Phi) is 70.9. The SMILES string of the molecule is O.O.O.O=C([O-])CCC(=O)[O-].[NH4+].[NH4+]. The van der Waals surface area contributed by atoms with E-state index in [2.05, 4.69) is 0 Å². The second-order valence-corrected chi connectivity index (χ2v) is 1.24. The lowest BCUT2D eigenvalue weighted by Crippen LogP contribution is -2.27. The molecule has 0 aromatic carbocycles. The molecular weight excluding hydrogens is 188 g/mol. The summed E-state index contributed by atoms with van der Waals surface area (Å²) in [6, 6.07) is 0. The van der Waals surface area contributed by atoms with Gasteiger partial charge in [0.15, 0.2) is 0 Å². The van der Waals surface area contributed by atoms with Crippen LogP contribution in [0.25, 0.3) is 0 Å². The molecule has 0 amide bonds. The number of hydrogen-bond donors (Lipinski definition) is 2. The zero-order chi connectivity index (χ0) is 6.57. The molecule has 0 aromatic heterocycles. The van der Waals surface area contributed by atoms with Crippen LogP contribution < -0.4 is 22.5 Å². The normalized spacial score (nSPS) is 5.23. The molecule has 9 nitrogen and oxygen atoms in total. The van der Waals surface area contributed by atoms with E-state index in [9.17, 15) is 19.8 Å². The number of carbonyl (C=O) groups is 2. The summed E-state index contributed by atoms with van der Waals surface area (Å²) in [4.78, 5) is 19.0. The first-order valence-electron chi connectivity index (χ1n) is 2.02. The fourth-order valence-corrected chi connectivity index (χ4v) is 0.204. The minimum Gasteiger partial charge on any atom is -0.550 e. The number of carboxylic acid groups (broad SMARTS) is 2. The second-order valence-electron chi connectivity index (χ2n) is 1.24. The highest BCUT2D eigenvalue weighted by Crippen LogP contribution is 1.81. The highest BCUT2D eigenvalue weighted by Gasteiger charge is 1.85. The topological polar surface area (TPSA) is 248 Å². The van der Waals surface area contributed by atoms with E-state index in [0.29, 0.717) is 0 Å². The monoisotopic (exact) mass is 206 g/mol. The highest BCUT2D eigenvalue weighted by molar-refractivity contribution is 5.72. The van der Waals surface area contributed by atoms with Crippen molar-refractivity contribution in [2.45, 2.75) is 12.8 Å². The van der Waals surface area contributed by atoms with Gasteiger partial charge in [-0.15, -0.1) is 0 Å². The molecule has 0 aliphatic rings. The maximum Gasteiger partial charge on any atom is 0.0418 e. The zero-order valence-corrected chi connectivity index (χ0v) is 7.55. The molecule has 13 heavy (non-hydrogen) atoms. The van der Waals surface area contributed by atoms with Gasteiger partial charge in [0, 0.05) is 11.9 Å². The number of rotatable bonds is 3. The molecule has 0 saturated carbocycles. The van der Waals surface area contributed by atoms with Gasteiger partial charge in [-0.2, -0.15) is 0 Å². The fraction of sp³-hybridized carbons (Fsp3) is 0.500. The third kappa shape index (κ3) is 58.7. The standard InChI is InChI=1S/C4H6O4.2H3N.3H2O/c5-3(6)1-2-4(7)8;;;;;/h1-2H2,(H,5,6)(H,7,8);2*1H3;3*1H2. The Labute approximate surface area is 74.5 Å². The molecule has 0 rings (SSSR count). The van der Waals surface area contributed by atoms with Crippen LogP contribution >= 0.6 is 0 Å². The highest BCUT2D eigenvalue weighted by atomic mass is 16.4. The maximum absolute atomic E-state index is 9.50. The van der Waals surface area contributed by atoms with Crippen LogP contribution in [0.2, 0.25) is 0 Å². The molecule has 0 saturated heterocycles. The van der Waals surface area contributed by atoms with Crippen molar-refractivity contribution in [3.05, 3.63) is 0 Å². The van der Waals surface area contributed by atoms with Gasteiger partial charge in [0.25, 0.3) is 0 Å². The molecular formula is C4H18N2O7. The van der Waals surface area contributed by atoms with Crippen LogP contribution in [-0.4, -0.2) is 28.4 Å². The average Bonchev–Trinajstić information content (AvgIpc) is 1.61. The Balaban J connectivity index is -0.0000000245. The van der Waals surface area contributed by atoms with Crippen LogP contribution in [0.5, 0.6) is 0 Å². The second kappa shape index (κ2) is 22.4. The quantitative estimate of drug-likeness (QED) is 0.462. The van der Waals surface area contributed by atoms with E-state index in [-0.39, 0.29) is 28.7 Å². The summed E-state index contributed by atoms with van der Waals surface area (Å²) in [7, 11) is 0. The van der Waals surface area contributed by atoms with Crippen molar-refractivity contribution < 1.29 is 36.2 Å². The van der Waals surface area contributed by atoms with Gasteiger partial charge in [-0.3, -0.25) is 0 Å². The molecule has 0 heterocycles. The Morgan fingerprint density at radius 3 is 1.00 bits per heavy atom. The molecule has 86 valence electrons. The van der Waals surface area contributed by atoms with E-state index < -0.39 is 24.8 Å². The molecule has 0 unspecified atom stereocenters. The van der Waals surface area contributed by atoms with E-state index in [0.717, 1.165) is 0 Å². The predicted molar refractivity (Wildman–Crippen MR) is 42.1 cm³/mol. The van der Waals surface area contributed by atoms with E-state index in [1.165, 1.54) is 0 Å². The largest absolute Gasteiger partial charge is 0.550 e. The van der Waals surface area contributed by atoms with Crippen molar-refractivity contribution in [3.8, 4) is 0 Å². The lowest BCUT2D eigenvalue weighted by molar-refractivity contribution is -0.315. The third-order valence-corrected chi connectivity index (χ3v) is 0.533. The lowest BCUT2D eigenvalue weighted by atomic mass is 10.3. The van der Waals surface area contributed by atoms with Crippen molar-refractivity contribution in [1.82, 2.24) is 12.3 Å². The summed E-state index contributed by atoms with van der Waals surface area (Å²) in [6.07, 6.45) is -0.940. The number of carbonyl (C=O) groups excluding carboxylic acids is 2. The fourth-order valence-electron chi connectivity index (χ4n) is 0.204. The van der Waals surface area contributed by atoms with E-state index in [1.54, 1.807) is 0 Å². The van der Waals surface area contributed by atoms with Gasteiger partial charge >= 0.3 is 0 Å². The van der Waals surface area contributed by atoms with Crippen LogP contribution in [-0.2, 0) is 9.59 Å². The zero-order valence-electron chi connectivity index (χ0n) is 7.55. The number of hydrogen-bond acceptors (Lipinski definition) is 4. The number of carboxylic acids is 2. The van der Waals surface area contributed by atoms with E-state index >= 15 is 0 Å². The van der Waals surface area contributed by atoms with Crippen LogP contribution in [0.4, 0.5) is 0 Å². The van der Waals surface area contributed by atoms with Gasteiger partial charge in [-0.1, -0.05) is 0 Å². The minimum atomic E-state index is -1.37. The summed E-state index contributed by atoms with van der Waals surface area (Å²) < 4.78 is 0. The first-order valence-corrected chi connectivity index (χ1v) is 2.02. The molecule has 0 spiro atoms. The van der Waals surface area contributed by atoms with E-state index in [1.807, 2.05) is 0 Å². The first-order chi connectivity index (χ1) is 3.63. The van der Waals surface area contributed by atoms with Gasteiger partial charge < -0.3 is 48.5 Å². The Bertz CT molecular complexity index is 103. The summed E-state index contributed by atoms with van der Waals surface area (Å²) in [5.74, 6) is -2.73. The first kappa shape index (κ1) is 41.1. The van der Waals surface area contributed by atoms with Gasteiger partial charge in [0.05, 0.1) is 0 Å². The number of aliphatic carboxylic acids is 2. The summed E-state index contributed by atoms with van der Waals surface area (Å²) in [5.41, 5.74) is 0. The van der Waals surface area contributed by atoms with Crippen molar-refractivity contribution in [2.75, 3.05) is 0 Å². The van der Waals surface area contributed by atoms with Crippen LogP contribution in [0.15, 0.2) is 0 Å². The molecule has 0 atom stereocenters. The minimum absolute atomic E-state index is 0. The molecule has 0 aliphatic heterocycles. The Hall–Kier alpha value is -1.26. The van der Waals surface area contributed by atoms with Crippen molar-refractivity contribution in [3.63, 3.8) is 0 Å². The molecule has 9 heteroatoms. The smallest absolute Gasteiger partial charge is 0.0418 e. The Morgan fingerprint density at radius 2 is 0.923 bits per heavy atom. The molecule has 14 N–H and O–H groups in total. The van der Waals surface area contributed by atoms with Gasteiger partial charge in [0.1, 0.15) is 0 Å². The van der Waals surface area contributed by atoms with Crippen molar-refractivity contribution in [2.24, 2.45) is 0 Å². The molecule has 0 aliphatic carbocycles. The summed E-state index contributed by atoms with van der Waals surface area (Å²) in [5, 5.41) is 19.0. The summed E-state index contributed by atoms with van der Waals surface area (Å²) in [6.45, 7) is 0. The Morgan fingerprint density at radius 1 is 0.769 bits per heavy atom. The van der Waals surface area contributed by atoms with Gasteiger partial charge in [-0.05, 0) is 12.8 Å². The molecule has 0 aromatic rings. The summed E-state index contributed by atoms with van der Waals surface area (Å²) >= 11 is 0. The van der Waals surface area contributed by atoms with Gasteiger partial charge in [0.2, 0.25) is 0 Å². The maximum atomic E-state index is 9.50. The predicted octanol–water partition coefficient (Wildman–Crippen LogP) is -4.46. The van der Waals surface area contributed by atoms with Crippen LogP contribution in [0.3, 0.4) is 0 Å². The van der Waals surface area contributed by atoms with Gasteiger partial charge in [-0.25, -0.2) is 0 Å². The number of quaternary nitrogens is 2. The lowest BCUT2D eigenvalue weighted by Gasteiger charge is -2.00. The molecule has 0 radical (unpaired) electrons. The third-order valence-electron chi connectivity index (χ3n) is 0.533. The van der Waals surface area contributed by atoms with Crippen molar-refractivity contribution >= 4 is 11.9 Å². The van der Waals surface area contributed by atoms with E-state index in [4.69, 9.17) is 0 Å². The molecule has 0 fully saturated rings.